The van der Waals surface area contributed by atoms with Gasteiger partial charge in [-0.25, -0.2) is 14.6 Å². The van der Waals surface area contributed by atoms with Crippen molar-refractivity contribution in [3.05, 3.63) is 27.7 Å². The highest BCUT2D eigenvalue weighted by molar-refractivity contribution is 7.09. The number of rotatable bonds is 4. The minimum absolute atomic E-state index is 0.164. The predicted molar refractivity (Wildman–Crippen MR) is 89.5 cm³/mol. The summed E-state index contributed by atoms with van der Waals surface area (Å²) in [5.74, 6) is 1.88. The highest BCUT2D eigenvalue weighted by Gasteiger charge is 2.26. The van der Waals surface area contributed by atoms with Gasteiger partial charge in [0.2, 0.25) is 5.91 Å². The van der Waals surface area contributed by atoms with Crippen LogP contribution in [0.3, 0.4) is 0 Å². The lowest BCUT2D eigenvalue weighted by atomic mass is 10.1. The van der Waals surface area contributed by atoms with Gasteiger partial charge in [0.15, 0.2) is 0 Å². The third-order valence-electron chi connectivity index (χ3n) is 4.24. The number of amides is 1. The normalized spacial score (nSPS) is 18.4. The quantitative estimate of drug-likeness (QED) is 0.861. The molecule has 0 unspecified atom stereocenters. The second-order valence-electron chi connectivity index (χ2n) is 6.05. The molecule has 1 atom stereocenters. The van der Waals surface area contributed by atoms with Gasteiger partial charge in [0.25, 0.3) is 0 Å². The van der Waals surface area contributed by atoms with Crippen LogP contribution in [0.4, 0.5) is 0 Å². The van der Waals surface area contributed by atoms with Gasteiger partial charge in [-0.2, -0.15) is 5.10 Å². The number of aryl methyl sites for hydroxylation is 3. The van der Waals surface area contributed by atoms with Crippen molar-refractivity contribution in [3.8, 4) is 0 Å². The number of piperidine rings is 1. The van der Waals surface area contributed by atoms with E-state index < -0.39 is 0 Å². The molecule has 1 amide bonds. The van der Waals surface area contributed by atoms with Crippen molar-refractivity contribution >= 4 is 17.2 Å². The maximum atomic E-state index is 12.6. The topological polar surface area (TPSA) is 63.9 Å². The molecular formula is C16H23N5OS. The SMILES string of the molecule is CCc1nc(CC(=O)N2CCC[C@H](n3nc(C)nc3C)C2)cs1. The average molecular weight is 333 g/mol. The van der Waals surface area contributed by atoms with Crippen LogP contribution in [0, 0.1) is 13.8 Å². The van der Waals surface area contributed by atoms with Crippen LogP contribution in [0.2, 0.25) is 0 Å². The lowest BCUT2D eigenvalue weighted by Crippen LogP contribution is -2.42. The van der Waals surface area contributed by atoms with Crippen molar-refractivity contribution < 1.29 is 4.79 Å². The van der Waals surface area contributed by atoms with Gasteiger partial charge in [0.1, 0.15) is 11.6 Å². The molecule has 1 saturated heterocycles. The van der Waals surface area contributed by atoms with Crippen LogP contribution < -0.4 is 0 Å². The summed E-state index contributed by atoms with van der Waals surface area (Å²) >= 11 is 1.64. The Morgan fingerprint density at radius 2 is 2.22 bits per heavy atom. The fourth-order valence-electron chi connectivity index (χ4n) is 3.12. The molecule has 0 N–H and O–H groups in total. The summed E-state index contributed by atoms with van der Waals surface area (Å²) < 4.78 is 1.98. The van der Waals surface area contributed by atoms with Gasteiger partial charge in [-0.3, -0.25) is 4.79 Å². The number of likely N-dealkylation sites (tertiary alicyclic amines) is 1. The highest BCUT2D eigenvalue weighted by atomic mass is 32.1. The Balaban J connectivity index is 1.65. The summed E-state index contributed by atoms with van der Waals surface area (Å²) in [5, 5.41) is 7.58. The lowest BCUT2D eigenvalue weighted by Gasteiger charge is -2.33. The molecular weight excluding hydrogens is 310 g/mol. The molecule has 6 nitrogen and oxygen atoms in total. The first-order chi connectivity index (χ1) is 11.1. The zero-order valence-electron chi connectivity index (χ0n) is 13.9. The summed E-state index contributed by atoms with van der Waals surface area (Å²) in [6.45, 7) is 7.51. The summed E-state index contributed by atoms with van der Waals surface area (Å²) in [6, 6.07) is 0.232. The Bertz CT molecular complexity index is 692. The Labute approximate surface area is 140 Å². The fourth-order valence-corrected chi connectivity index (χ4v) is 3.87. The van der Waals surface area contributed by atoms with E-state index in [0.717, 1.165) is 48.2 Å². The van der Waals surface area contributed by atoms with E-state index in [0.29, 0.717) is 13.0 Å². The van der Waals surface area contributed by atoms with Gasteiger partial charge in [0, 0.05) is 18.5 Å². The van der Waals surface area contributed by atoms with E-state index in [1.54, 1.807) is 11.3 Å². The molecule has 1 aliphatic rings. The number of carbonyl (C=O) groups excluding carboxylic acids is 1. The van der Waals surface area contributed by atoms with E-state index in [-0.39, 0.29) is 11.9 Å². The van der Waals surface area contributed by atoms with Crippen LogP contribution >= 0.6 is 11.3 Å². The minimum Gasteiger partial charge on any atom is -0.340 e. The summed E-state index contributed by atoms with van der Waals surface area (Å²) in [5.41, 5.74) is 0.895. The number of thiazole rings is 1. The van der Waals surface area contributed by atoms with Crippen molar-refractivity contribution in [1.82, 2.24) is 24.6 Å². The Hall–Kier alpha value is -1.76. The minimum atomic E-state index is 0.164. The van der Waals surface area contributed by atoms with Crippen LogP contribution in [0.15, 0.2) is 5.38 Å². The van der Waals surface area contributed by atoms with E-state index in [4.69, 9.17) is 0 Å². The fraction of sp³-hybridized carbons (Fsp3) is 0.625. The van der Waals surface area contributed by atoms with Gasteiger partial charge in [-0.05, 0) is 33.1 Å². The van der Waals surface area contributed by atoms with E-state index in [1.807, 2.05) is 28.8 Å². The number of hydrogen-bond acceptors (Lipinski definition) is 5. The van der Waals surface area contributed by atoms with Crippen molar-refractivity contribution in [2.45, 2.75) is 52.5 Å². The monoisotopic (exact) mass is 333 g/mol. The first-order valence-corrected chi connectivity index (χ1v) is 9.05. The third kappa shape index (κ3) is 3.60. The standard InChI is InChI=1S/C16H23N5OS/c1-4-15-18-13(10-23-15)8-16(22)20-7-5-6-14(9-20)21-12(3)17-11(2)19-21/h10,14H,4-9H2,1-3H3/t14-/m0/s1. The van der Waals surface area contributed by atoms with Crippen molar-refractivity contribution in [2.75, 3.05) is 13.1 Å². The summed E-state index contributed by atoms with van der Waals surface area (Å²) in [4.78, 5) is 23.4. The molecule has 3 rings (SSSR count). The maximum absolute atomic E-state index is 12.6. The Morgan fingerprint density at radius 3 is 2.87 bits per heavy atom. The van der Waals surface area contributed by atoms with E-state index in [1.165, 1.54) is 0 Å². The van der Waals surface area contributed by atoms with Gasteiger partial charge < -0.3 is 4.90 Å². The van der Waals surface area contributed by atoms with Crippen LogP contribution in [0.25, 0.3) is 0 Å². The van der Waals surface area contributed by atoms with Crippen molar-refractivity contribution in [3.63, 3.8) is 0 Å². The van der Waals surface area contributed by atoms with E-state index >= 15 is 0 Å². The lowest BCUT2D eigenvalue weighted by molar-refractivity contribution is -0.132. The van der Waals surface area contributed by atoms with E-state index in [2.05, 4.69) is 22.0 Å². The molecule has 3 heterocycles. The molecule has 2 aromatic heterocycles. The van der Waals surface area contributed by atoms with Crippen LogP contribution in [-0.4, -0.2) is 43.6 Å². The molecule has 2 aromatic rings. The zero-order chi connectivity index (χ0) is 16.4. The molecule has 0 saturated carbocycles. The second kappa shape index (κ2) is 6.78. The molecule has 124 valence electrons. The maximum Gasteiger partial charge on any atom is 0.228 e. The van der Waals surface area contributed by atoms with Gasteiger partial charge in [0.05, 0.1) is 23.2 Å². The molecule has 23 heavy (non-hydrogen) atoms. The molecule has 7 heteroatoms. The largest absolute Gasteiger partial charge is 0.340 e. The summed E-state index contributed by atoms with van der Waals surface area (Å²) in [6.07, 6.45) is 3.38. The Kier molecular flexibility index (Phi) is 4.75. The summed E-state index contributed by atoms with van der Waals surface area (Å²) in [7, 11) is 0. The van der Waals surface area contributed by atoms with Gasteiger partial charge >= 0.3 is 0 Å². The van der Waals surface area contributed by atoms with Gasteiger partial charge in [-0.15, -0.1) is 11.3 Å². The smallest absolute Gasteiger partial charge is 0.228 e. The third-order valence-corrected chi connectivity index (χ3v) is 5.28. The zero-order valence-corrected chi connectivity index (χ0v) is 14.8. The predicted octanol–water partition coefficient (Wildman–Crippen LogP) is 2.32. The number of hydrogen-bond donors (Lipinski definition) is 0. The first kappa shape index (κ1) is 16.1. The molecule has 1 aliphatic heterocycles. The number of nitrogens with zero attached hydrogens (tertiary/aromatic N) is 5. The molecule has 0 bridgehead atoms. The highest BCUT2D eigenvalue weighted by Crippen LogP contribution is 2.23. The van der Waals surface area contributed by atoms with E-state index in [9.17, 15) is 4.79 Å². The Morgan fingerprint density at radius 1 is 1.39 bits per heavy atom. The number of aromatic nitrogens is 4. The van der Waals surface area contributed by atoms with Crippen LogP contribution in [0.5, 0.6) is 0 Å². The van der Waals surface area contributed by atoms with Gasteiger partial charge in [-0.1, -0.05) is 6.92 Å². The van der Waals surface area contributed by atoms with Crippen LogP contribution in [-0.2, 0) is 17.6 Å². The van der Waals surface area contributed by atoms with Crippen molar-refractivity contribution in [2.24, 2.45) is 0 Å². The molecule has 0 aliphatic carbocycles. The van der Waals surface area contributed by atoms with Crippen molar-refractivity contribution in [1.29, 1.82) is 0 Å². The molecule has 0 spiro atoms. The first-order valence-electron chi connectivity index (χ1n) is 8.17. The second-order valence-corrected chi connectivity index (χ2v) is 6.99. The number of carbonyl (C=O) groups is 1. The molecule has 0 radical (unpaired) electrons. The molecule has 1 fully saturated rings. The average Bonchev–Trinajstić information content (AvgIpc) is 3.13. The molecule has 0 aromatic carbocycles. The van der Waals surface area contributed by atoms with Crippen LogP contribution in [0.1, 0.15) is 48.2 Å².